The van der Waals surface area contributed by atoms with Gasteiger partial charge in [0.05, 0.1) is 20.1 Å². The fraction of sp³-hybridized carbons (Fsp3) is 0.455. The molecule has 0 amide bonds. The molecule has 0 spiro atoms. The SMILES string of the molecule is C=CCC12C=C(OC)C(=O)C(C(c3ccc(O)c(OC)c3)C1C)C2OC(C)=O. The lowest BCUT2D eigenvalue weighted by atomic mass is 9.70. The Hall–Kier alpha value is -2.76. The van der Waals surface area contributed by atoms with Crippen LogP contribution in [0.2, 0.25) is 0 Å². The highest BCUT2D eigenvalue weighted by Crippen LogP contribution is 2.62. The smallest absolute Gasteiger partial charge is 0.302 e. The number of ketones is 1. The Labute approximate surface area is 164 Å². The predicted octanol–water partition coefficient (Wildman–Crippen LogP) is 3.36. The first-order valence-electron chi connectivity index (χ1n) is 9.26. The molecule has 5 atom stereocenters. The number of allylic oxidation sites excluding steroid dienone is 2. The van der Waals surface area contributed by atoms with Crippen molar-refractivity contribution in [1.29, 1.82) is 0 Å². The number of phenolic OH excluding ortho intramolecular Hbond substituents is 1. The van der Waals surface area contributed by atoms with Gasteiger partial charge in [0.2, 0.25) is 5.78 Å². The van der Waals surface area contributed by atoms with E-state index in [2.05, 4.69) is 6.58 Å². The van der Waals surface area contributed by atoms with Crippen LogP contribution in [0.4, 0.5) is 0 Å². The molecular formula is C22H26O6. The zero-order valence-electron chi connectivity index (χ0n) is 16.6. The largest absolute Gasteiger partial charge is 0.504 e. The summed E-state index contributed by atoms with van der Waals surface area (Å²) in [4.78, 5) is 25.1. The standard InChI is InChI=1S/C22H26O6/c1-6-9-22-11-17(27-5)20(25)19(21(22)28-13(3)23)18(12(22)2)14-7-8-15(24)16(10-14)26-4/h6-8,10-12,18-19,21,24H,1,9H2,2-5H3. The molecule has 1 aromatic rings. The van der Waals surface area contributed by atoms with Gasteiger partial charge in [0.15, 0.2) is 17.3 Å². The van der Waals surface area contributed by atoms with E-state index in [1.807, 2.05) is 13.0 Å². The fourth-order valence-electron chi connectivity index (χ4n) is 4.95. The quantitative estimate of drug-likeness (QED) is 0.596. The van der Waals surface area contributed by atoms with Crippen LogP contribution in [0.5, 0.6) is 11.5 Å². The van der Waals surface area contributed by atoms with E-state index in [-0.39, 0.29) is 29.1 Å². The topological polar surface area (TPSA) is 82.1 Å². The van der Waals surface area contributed by atoms with Crippen molar-refractivity contribution in [3.8, 4) is 11.5 Å². The fourth-order valence-corrected chi connectivity index (χ4v) is 4.95. The van der Waals surface area contributed by atoms with Crippen LogP contribution in [0.3, 0.4) is 0 Å². The molecule has 0 saturated heterocycles. The van der Waals surface area contributed by atoms with Crippen molar-refractivity contribution in [3.63, 3.8) is 0 Å². The second-order valence-electron chi connectivity index (χ2n) is 7.48. The van der Waals surface area contributed by atoms with Crippen molar-refractivity contribution < 1.29 is 28.9 Å². The molecule has 2 bridgehead atoms. The first kappa shape index (κ1) is 20.0. The maximum Gasteiger partial charge on any atom is 0.302 e. The van der Waals surface area contributed by atoms with Crippen molar-refractivity contribution in [3.05, 3.63) is 48.3 Å². The summed E-state index contributed by atoms with van der Waals surface area (Å²) in [5, 5.41) is 9.96. The monoisotopic (exact) mass is 386 g/mol. The van der Waals surface area contributed by atoms with Gasteiger partial charge in [-0.3, -0.25) is 9.59 Å². The summed E-state index contributed by atoms with van der Waals surface area (Å²) in [6, 6.07) is 5.08. The molecule has 0 aromatic heterocycles. The van der Waals surface area contributed by atoms with E-state index in [0.29, 0.717) is 12.2 Å². The molecule has 1 aromatic carbocycles. The number of esters is 1. The number of aromatic hydroxyl groups is 1. The van der Waals surface area contributed by atoms with Gasteiger partial charge in [0, 0.05) is 18.3 Å². The van der Waals surface area contributed by atoms with Crippen molar-refractivity contribution >= 4 is 11.8 Å². The molecule has 1 N–H and O–H groups in total. The molecule has 28 heavy (non-hydrogen) atoms. The Morgan fingerprint density at radius 3 is 2.57 bits per heavy atom. The van der Waals surface area contributed by atoms with Crippen LogP contribution in [0.25, 0.3) is 0 Å². The highest BCUT2D eigenvalue weighted by atomic mass is 16.5. The van der Waals surface area contributed by atoms with Gasteiger partial charge in [-0.2, -0.15) is 0 Å². The Balaban J connectivity index is 2.20. The average molecular weight is 386 g/mol. The van der Waals surface area contributed by atoms with E-state index in [1.54, 1.807) is 24.3 Å². The van der Waals surface area contributed by atoms with E-state index in [9.17, 15) is 14.7 Å². The number of carbonyl (C=O) groups excluding carboxylic acids is 2. The maximum atomic E-state index is 13.2. The lowest BCUT2D eigenvalue weighted by molar-refractivity contribution is -0.156. The molecule has 1 fully saturated rings. The second-order valence-corrected chi connectivity index (χ2v) is 7.48. The Bertz CT molecular complexity index is 841. The number of ether oxygens (including phenoxy) is 3. The summed E-state index contributed by atoms with van der Waals surface area (Å²) < 4.78 is 16.3. The molecule has 0 heterocycles. The molecule has 2 aliphatic rings. The van der Waals surface area contributed by atoms with Crippen molar-refractivity contribution in [1.82, 2.24) is 0 Å². The highest BCUT2D eigenvalue weighted by Gasteiger charge is 2.64. The molecule has 5 unspecified atom stereocenters. The van der Waals surface area contributed by atoms with Crippen LogP contribution in [0, 0.1) is 17.3 Å². The molecule has 2 aliphatic carbocycles. The van der Waals surface area contributed by atoms with Crippen molar-refractivity contribution in [2.75, 3.05) is 14.2 Å². The summed E-state index contributed by atoms with van der Waals surface area (Å²) in [5.74, 6) is -0.847. The molecule has 0 aliphatic heterocycles. The minimum atomic E-state index is -0.616. The van der Waals surface area contributed by atoms with Crippen LogP contribution in [0.15, 0.2) is 42.7 Å². The van der Waals surface area contributed by atoms with Crippen molar-refractivity contribution in [2.45, 2.75) is 32.3 Å². The third-order valence-electron chi connectivity index (χ3n) is 6.17. The third-order valence-corrected chi connectivity index (χ3v) is 6.17. The van der Waals surface area contributed by atoms with E-state index in [0.717, 1.165) is 5.56 Å². The number of phenols is 1. The van der Waals surface area contributed by atoms with Gasteiger partial charge in [-0.15, -0.1) is 6.58 Å². The van der Waals surface area contributed by atoms with Crippen LogP contribution < -0.4 is 4.74 Å². The van der Waals surface area contributed by atoms with Crippen molar-refractivity contribution in [2.24, 2.45) is 17.3 Å². The zero-order valence-corrected chi connectivity index (χ0v) is 16.6. The molecule has 1 saturated carbocycles. The van der Waals surface area contributed by atoms with Gasteiger partial charge in [0.25, 0.3) is 0 Å². The first-order chi connectivity index (χ1) is 13.3. The summed E-state index contributed by atoms with van der Waals surface area (Å²) >= 11 is 0. The van der Waals surface area contributed by atoms with E-state index >= 15 is 0 Å². The average Bonchev–Trinajstić information content (AvgIpc) is 2.82. The Morgan fingerprint density at radius 1 is 1.29 bits per heavy atom. The van der Waals surface area contributed by atoms with Gasteiger partial charge in [-0.05, 0) is 36.1 Å². The number of fused-ring (bicyclic) bond motifs is 2. The van der Waals surface area contributed by atoms with Gasteiger partial charge in [0.1, 0.15) is 6.10 Å². The molecule has 6 heteroatoms. The van der Waals surface area contributed by atoms with Crippen LogP contribution in [0.1, 0.15) is 31.7 Å². The van der Waals surface area contributed by atoms with Crippen LogP contribution in [-0.2, 0) is 19.1 Å². The lowest BCUT2D eigenvalue weighted by Gasteiger charge is -2.38. The minimum Gasteiger partial charge on any atom is -0.504 e. The summed E-state index contributed by atoms with van der Waals surface area (Å²) in [6.07, 6.45) is 3.51. The zero-order chi connectivity index (χ0) is 20.6. The molecule has 0 radical (unpaired) electrons. The number of Topliss-reactive ketones (excluding diaryl/α,β-unsaturated/α-hetero) is 1. The second kappa shape index (κ2) is 7.34. The number of benzene rings is 1. The maximum absolute atomic E-state index is 13.2. The minimum absolute atomic E-state index is 0.0271. The molecule has 6 nitrogen and oxygen atoms in total. The number of hydrogen-bond donors (Lipinski definition) is 1. The van der Waals surface area contributed by atoms with Gasteiger partial charge in [-0.1, -0.05) is 19.1 Å². The van der Waals surface area contributed by atoms with E-state index in [4.69, 9.17) is 14.2 Å². The number of rotatable bonds is 6. The summed E-state index contributed by atoms with van der Waals surface area (Å²) in [5.41, 5.74) is 0.238. The molecule has 3 rings (SSSR count). The normalized spacial score (nSPS) is 31.1. The summed E-state index contributed by atoms with van der Waals surface area (Å²) in [7, 11) is 2.95. The first-order valence-corrected chi connectivity index (χ1v) is 9.26. The predicted molar refractivity (Wildman–Crippen MR) is 103 cm³/mol. The molecule has 150 valence electrons. The Kier molecular flexibility index (Phi) is 5.24. The van der Waals surface area contributed by atoms with Gasteiger partial charge >= 0.3 is 5.97 Å². The number of methoxy groups -OCH3 is 2. The third kappa shape index (κ3) is 2.87. The van der Waals surface area contributed by atoms with Crippen LogP contribution >= 0.6 is 0 Å². The number of carbonyl (C=O) groups is 2. The number of hydrogen-bond acceptors (Lipinski definition) is 6. The van der Waals surface area contributed by atoms with Crippen LogP contribution in [-0.4, -0.2) is 37.2 Å². The van der Waals surface area contributed by atoms with E-state index < -0.39 is 23.4 Å². The van der Waals surface area contributed by atoms with Gasteiger partial charge < -0.3 is 19.3 Å². The van der Waals surface area contributed by atoms with Gasteiger partial charge in [-0.25, -0.2) is 0 Å². The lowest BCUT2D eigenvalue weighted by Crippen LogP contribution is -2.44. The Morgan fingerprint density at radius 2 is 2.00 bits per heavy atom. The summed E-state index contributed by atoms with van der Waals surface area (Å²) in [6.45, 7) is 7.27. The highest BCUT2D eigenvalue weighted by molar-refractivity contribution is 5.99. The van der Waals surface area contributed by atoms with E-state index in [1.165, 1.54) is 21.1 Å². The molecular weight excluding hydrogens is 360 g/mol.